The maximum atomic E-state index is 5.02. The molecule has 1 aromatic heterocycles. The predicted octanol–water partition coefficient (Wildman–Crippen LogP) is 9.90. The Hall–Kier alpha value is -5.19. The molecule has 0 N–H and O–H groups in total. The van der Waals surface area contributed by atoms with Crippen LogP contribution < -0.4 is 5.19 Å². The summed E-state index contributed by atoms with van der Waals surface area (Å²) in [5, 5.41) is 3.82. The van der Waals surface area contributed by atoms with Crippen molar-refractivity contribution in [2.45, 2.75) is 19.6 Å². The number of fused-ring (bicyclic) bond motifs is 1. The zero-order valence-corrected chi connectivity index (χ0v) is 26.2. The van der Waals surface area contributed by atoms with Crippen molar-refractivity contribution in [1.29, 1.82) is 0 Å². The van der Waals surface area contributed by atoms with Gasteiger partial charge < -0.3 is 0 Å². The summed E-state index contributed by atoms with van der Waals surface area (Å²) in [5.41, 5.74) is 7.60. The number of aromatic nitrogens is 3. The molecule has 1 heterocycles. The number of benzene rings is 6. The third-order valence-electron chi connectivity index (χ3n) is 8.08. The van der Waals surface area contributed by atoms with Gasteiger partial charge in [0.25, 0.3) is 0 Å². The van der Waals surface area contributed by atoms with Gasteiger partial charge in [-0.1, -0.05) is 152 Å². The first-order valence-electron chi connectivity index (χ1n) is 15.0. The second-order valence-corrected chi connectivity index (χ2v) is 17.3. The van der Waals surface area contributed by atoms with Gasteiger partial charge in [0.15, 0.2) is 17.5 Å². The second-order valence-electron chi connectivity index (χ2n) is 12.2. The quantitative estimate of drug-likeness (QED) is 0.183. The van der Waals surface area contributed by atoms with Crippen molar-refractivity contribution >= 4 is 24.0 Å². The van der Waals surface area contributed by atoms with E-state index in [4.69, 9.17) is 15.0 Å². The molecule has 7 rings (SSSR count). The first-order valence-corrected chi connectivity index (χ1v) is 18.5. The predicted molar refractivity (Wildman–Crippen MR) is 187 cm³/mol. The molecule has 4 heteroatoms. The monoisotopic (exact) mass is 583 g/mol. The van der Waals surface area contributed by atoms with Gasteiger partial charge in [0.2, 0.25) is 0 Å². The van der Waals surface area contributed by atoms with Crippen molar-refractivity contribution in [3.63, 3.8) is 0 Å². The summed E-state index contributed by atoms with van der Waals surface area (Å²) >= 11 is 0. The zero-order valence-electron chi connectivity index (χ0n) is 25.2. The topological polar surface area (TPSA) is 38.7 Å². The minimum atomic E-state index is -1.34. The van der Waals surface area contributed by atoms with Crippen LogP contribution in [-0.4, -0.2) is 23.0 Å². The third-order valence-corrected chi connectivity index (χ3v) is 10.1. The summed E-state index contributed by atoms with van der Waals surface area (Å²) in [5.74, 6) is 1.98. The van der Waals surface area contributed by atoms with Gasteiger partial charge in [-0.2, -0.15) is 0 Å². The Morgan fingerprint density at radius 3 is 1.43 bits per heavy atom. The lowest BCUT2D eigenvalue weighted by Crippen LogP contribution is -2.37. The first-order chi connectivity index (χ1) is 21.4. The van der Waals surface area contributed by atoms with Gasteiger partial charge in [-0.15, -0.1) is 0 Å². The lowest BCUT2D eigenvalue weighted by atomic mass is 9.98. The number of hydrogen-bond acceptors (Lipinski definition) is 3. The van der Waals surface area contributed by atoms with Crippen molar-refractivity contribution < 1.29 is 0 Å². The van der Waals surface area contributed by atoms with E-state index in [0.29, 0.717) is 17.5 Å². The molecule has 6 aromatic carbocycles. The molecular weight excluding hydrogens is 551 g/mol. The summed E-state index contributed by atoms with van der Waals surface area (Å²) in [4.78, 5) is 14.9. The van der Waals surface area contributed by atoms with Crippen LogP contribution in [0.2, 0.25) is 19.6 Å². The van der Waals surface area contributed by atoms with E-state index >= 15 is 0 Å². The number of nitrogens with zero attached hydrogens (tertiary/aromatic N) is 3. The van der Waals surface area contributed by atoms with Gasteiger partial charge in [-0.05, 0) is 51.2 Å². The molecule has 0 saturated carbocycles. The van der Waals surface area contributed by atoms with Crippen molar-refractivity contribution in [3.05, 3.63) is 146 Å². The van der Waals surface area contributed by atoms with Crippen LogP contribution in [0.1, 0.15) is 0 Å². The van der Waals surface area contributed by atoms with Gasteiger partial charge >= 0.3 is 0 Å². The molecule has 0 atom stereocenters. The summed E-state index contributed by atoms with van der Waals surface area (Å²) < 4.78 is 0. The maximum Gasteiger partial charge on any atom is 0.164 e. The lowest BCUT2D eigenvalue weighted by molar-refractivity contribution is 1.07. The van der Waals surface area contributed by atoms with Crippen LogP contribution in [0.5, 0.6) is 0 Å². The molecule has 0 fully saturated rings. The van der Waals surface area contributed by atoms with Gasteiger partial charge in [-0.3, -0.25) is 0 Å². The largest absolute Gasteiger partial charge is 0.208 e. The van der Waals surface area contributed by atoms with Gasteiger partial charge in [0, 0.05) is 16.7 Å². The molecule has 44 heavy (non-hydrogen) atoms. The molecule has 0 amide bonds. The molecule has 0 aliphatic heterocycles. The minimum Gasteiger partial charge on any atom is -0.208 e. The maximum absolute atomic E-state index is 5.02. The molecule has 7 aromatic rings. The summed E-state index contributed by atoms with van der Waals surface area (Å²) in [7, 11) is -1.34. The summed E-state index contributed by atoms with van der Waals surface area (Å²) in [6.45, 7) is 7.15. The van der Waals surface area contributed by atoms with Crippen molar-refractivity contribution in [1.82, 2.24) is 15.0 Å². The van der Waals surface area contributed by atoms with Crippen LogP contribution in [0.3, 0.4) is 0 Å². The van der Waals surface area contributed by atoms with Crippen LogP contribution in [0, 0.1) is 0 Å². The van der Waals surface area contributed by atoms with Gasteiger partial charge in [0.1, 0.15) is 0 Å². The minimum absolute atomic E-state index is 0.655. The molecule has 0 unspecified atom stereocenters. The molecular formula is C40H33N3Si. The van der Waals surface area contributed by atoms with E-state index in [1.165, 1.54) is 21.7 Å². The highest BCUT2D eigenvalue weighted by molar-refractivity contribution is 6.88. The van der Waals surface area contributed by atoms with Crippen LogP contribution in [0.25, 0.3) is 67.2 Å². The Labute approximate surface area is 260 Å². The number of hydrogen-bond donors (Lipinski definition) is 0. The van der Waals surface area contributed by atoms with Crippen LogP contribution in [0.4, 0.5) is 0 Å². The van der Waals surface area contributed by atoms with E-state index in [-0.39, 0.29) is 0 Å². The fourth-order valence-corrected chi connectivity index (χ4v) is 6.72. The third kappa shape index (κ3) is 5.72. The Kier molecular flexibility index (Phi) is 7.21. The molecule has 0 saturated heterocycles. The Bertz CT molecular complexity index is 2100. The van der Waals surface area contributed by atoms with E-state index in [9.17, 15) is 0 Å². The molecule has 0 bridgehead atoms. The van der Waals surface area contributed by atoms with Gasteiger partial charge in [0.05, 0.1) is 8.07 Å². The lowest BCUT2D eigenvalue weighted by Gasteiger charge is -2.17. The highest BCUT2D eigenvalue weighted by Crippen LogP contribution is 2.31. The van der Waals surface area contributed by atoms with Crippen LogP contribution in [0.15, 0.2) is 146 Å². The highest BCUT2D eigenvalue weighted by atomic mass is 28.3. The summed E-state index contributed by atoms with van der Waals surface area (Å²) in [6, 6.07) is 51.2. The van der Waals surface area contributed by atoms with E-state index in [0.717, 1.165) is 33.2 Å². The smallest absolute Gasteiger partial charge is 0.164 e. The molecule has 3 nitrogen and oxygen atoms in total. The molecule has 212 valence electrons. The average molecular weight is 584 g/mol. The van der Waals surface area contributed by atoms with E-state index in [2.05, 4.69) is 135 Å². The first kappa shape index (κ1) is 27.6. The molecule has 0 radical (unpaired) electrons. The fourth-order valence-electron chi connectivity index (χ4n) is 5.56. The van der Waals surface area contributed by atoms with E-state index in [1.807, 2.05) is 30.3 Å². The van der Waals surface area contributed by atoms with Crippen molar-refractivity contribution in [3.8, 4) is 56.4 Å². The molecule has 0 spiro atoms. The second kappa shape index (κ2) is 11.5. The van der Waals surface area contributed by atoms with E-state index in [1.54, 1.807) is 0 Å². The Morgan fingerprint density at radius 2 is 0.795 bits per heavy atom. The molecule has 0 aliphatic rings. The SMILES string of the molecule is C[Si](C)(C)c1ccc(-c2cccc(-c3cccc(-c4nc(-c5ccccc5)nc(-c5ccc6ccccc6c5)n4)c3)c2)cc1. The van der Waals surface area contributed by atoms with Gasteiger partial charge in [-0.25, -0.2) is 15.0 Å². The van der Waals surface area contributed by atoms with Crippen molar-refractivity contribution in [2.24, 2.45) is 0 Å². The zero-order chi connectivity index (χ0) is 30.1. The highest BCUT2D eigenvalue weighted by Gasteiger charge is 2.16. The molecule has 0 aliphatic carbocycles. The average Bonchev–Trinajstić information content (AvgIpc) is 3.08. The summed E-state index contributed by atoms with van der Waals surface area (Å²) in [6.07, 6.45) is 0. The van der Waals surface area contributed by atoms with Crippen LogP contribution in [-0.2, 0) is 0 Å². The fraction of sp³-hybridized carbons (Fsp3) is 0.0750. The number of rotatable bonds is 6. The Morgan fingerprint density at radius 1 is 0.341 bits per heavy atom. The normalized spacial score (nSPS) is 11.5. The van der Waals surface area contributed by atoms with E-state index < -0.39 is 8.07 Å². The standard InChI is InChI=1S/C40H33N3Si/c1-44(2,3)37-23-21-29(22-24-37)32-15-9-16-33(25-32)34-17-10-18-35(27-34)39-41-38(30-12-5-4-6-13-30)42-40(43-39)36-20-19-28-11-7-8-14-31(28)26-36/h4-27H,1-3H3. The van der Waals surface area contributed by atoms with Crippen molar-refractivity contribution in [2.75, 3.05) is 0 Å². The van der Waals surface area contributed by atoms with Crippen LogP contribution >= 0.6 is 0 Å². The Balaban J connectivity index is 1.29.